The first-order valence-electron chi connectivity index (χ1n) is 8.69. The molecule has 3 rings (SSSR count). The van der Waals surface area contributed by atoms with Crippen LogP contribution in [-0.2, 0) is 0 Å². The van der Waals surface area contributed by atoms with Crippen molar-refractivity contribution in [2.24, 2.45) is 0 Å². The molecule has 0 unspecified atom stereocenters. The Balaban J connectivity index is 1.66. The normalized spacial score (nSPS) is 11.9. The molecule has 0 radical (unpaired) electrons. The van der Waals surface area contributed by atoms with Crippen molar-refractivity contribution in [2.45, 2.75) is 6.42 Å². The van der Waals surface area contributed by atoms with Crippen molar-refractivity contribution >= 4 is 27.4 Å². The Bertz CT molecular complexity index is 912. The fraction of sp³-hybridized carbons (Fsp3) is 0.286. The summed E-state index contributed by atoms with van der Waals surface area (Å²) in [6, 6.07) is 9.12. The molecule has 1 amide bonds. The maximum absolute atomic E-state index is 12.8. The van der Waals surface area contributed by atoms with E-state index >= 15 is 0 Å². The first-order chi connectivity index (χ1) is 13.4. The summed E-state index contributed by atoms with van der Waals surface area (Å²) in [5, 5.41) is 0. The molecule has 2 aromatic carbocycles. The van der Waals surface area contributed by atoms with Gasteiger partial charge in [-0.15, -0.1) is 0 Å². The number of carbonyl (C=O) groups is 1. The van der Waals surface area contributed by atoms with E-state index in [1.807, 2.05) is 18.2 Å². The molecule has 0 N–H and O–H groups in total. The van der Waals surface area contributed by atoms with E-state index in [1.165, 1.54) is 0 Å². The van der Waals surface area contributed by atoms with Crippen molar-refractivity contribution in [3.63, 3.8) is 0 Å². The smallest absolute Gasteiger partial charge is 0.254 e. The molecule has 2 aromatic rings. The van der Waals surface area contributed by atoms with Gasteiger partial charge in [0.2, 0.25) is 6.79 Å². The molecule has 0 aliphatic carbocycles. The average Bonchev–Trinajstić information content (AvgIpc) is 3.17. The van der Waals surface area contributed by atoms with Gasteiger partial charge in [-0.05, 0) is 57.8 Å². The Morgan fingerprint density at radius 2 is 1.82 bits per heavy atom. The maximum atomic E-state index is 12.8. The first-order valence-corrected chi connectivity index (χ1v) is 9.48. The minimum Gasteiger partial charge on any atom is -0.493 e. The number of ether oxygens (including phenoxy) is 4. The van der Waals surface area contributed by atoms with Gasteiger partial charge in [-0.2, -0.15) is 0 Å². The zero-order valence-corrected chi connectivity index (χ0v) is 17.7. The highest BCUT2D eigenvalue weighted by atomic mass is 79.9. The summed E-state index contributed by atoms with van der Waals surface area (Å²) >= 11 is 3.44. The lowest BCUT2D eigenvalue weighted by Crippen LogP contribution is -2.28. The second kappa shape index (κ2) is 8.56. The van der Waals surface area contributed by atoms with Gasteiger partial charge in [0.25, 0.3) is 5.91 Å². The number of hydrogen-bond donors (Lipinski definition) is 0. The van der Waals surface area contributed by atoms with Crippen LogP contribution in [0.2, 0.25) is 0 Å². The molecule has 0 spiro atoms. The quantitative estimate of drug-likeness (QED) is 0.630. The van der Waals surface area contributed by atoms with E-state index in [1.54, 1.807) is 38.3 Å². The Morgan fingerprint density at radius 1 is 1.14 bits per heavy atom. The lowest BCUT2D eigenvalue weighted by molar-refractivity contribution is 0.0797. The van der Waals surface area contributed by atoms with E-state index in [2.05, 4.69) is 22.5 Å². The summed E-state index contributed by atoms with van der Waals surface area (Å²) in [6.07, 6.45) is 0.625. The molecule has 1 aliphatic heterocycles. The zero-order valence-electron chi connectivity index (χ0n) is 16.1. The SMILES string of the molecule is C=C(CCN(C)C(=O)c1cc2c(cc1Br)OCO2)c1ccc(OC)c(OC)c1. The number of amides is 1. The average molecular weight is 448 g/mol. The molecule has 0 fully saturated rings. The van der Waals surface area contributed by atoms with Gasteiger partial charge in [0, 0.05) is 18.1 Å². The van der Waals surface area contributed by atoms with Crippen LogP contribution < -0.4 is 18.9 Å². The number of halogens is 1. The van der Waals surface area contributed by atoms with Gasteiger partial charge in [-0.25, -0.2) is 0 Å². The number of benzene rings is 2. The molecule has 0 saturated heterocycles. The molecule has 28 heavy (non-hydrogen) atoms. The minimum atomic E-state index is -0.106. The van der Waals surface area contributed by atoms with Crippen LogP contribution in [0, 0.1) is 0 Å². The number of fused-ring (bicyclic) bond motifs is 1. The second-order valence-corrected chi connectivity index (χ2v) is 7.19. The Morgan fingerprint density at radius 3 is 2.50 bits per heavy atom. The Hall–Kier alpha value is -2.67. The van der Waals surface area contributed by atoms with Crippen LogP contribution in [0.1, 0.15) is 22.3 Å². The molecule has 0 saturated carbocycles. The number of rotatable bonds is 7. The molecule has 6 nitrogen and oxygen atoms in total. The Labute approximate surface area is 172 Å². The van der Waals surface area contributed by atoms with Gasteiger partial charge in [0.05, 0.1) is 19.8 Å². The third kappa shape index (κ3) is 4.09. The van der Waals surface area contributed by atoms with Gasteiger partial charge in [0.15, 0.2) is 23.0 Å². The number of methoxy groups -OCH3 is 2. The molecule has 0 bridgehead atoms. The summed E-state index contributed by atoms with van der Waals surface area (Å²) in [6.45, 7) is 4.83. The number of nitrogens with zero attached hydrogens (tertiary/aromatic N) is 1. The highest BCUT2D eigenvalue weighted by Crippen LogP contribution is 2.37. The number of hydrogen-bond acceptors (Lipinski definition) is 5. The van der Waals surface area contributed by atoms with Crippen molar-refractivity contribution in [3.8, 4) is 23.0 Å². The topological polar surface area (TPSA) is 57.2 Å². The predicted molar refractivity (Wildman–Crippen MR) is 110 cm³/mol. The van der Waals surface area contributed by atoms with Crippen molar-refractivity contribution in [1.82, 2.24) is 4.90 Å². The molecule has 0 atom stereocenters. The summed E-state index contributed by atoms with van der Waals surface area (Å²) < 4.78 is 22.0. The van der Waals surface area contributed by atoms with E-state index in [9.17, 15) is 4.79 Å². The van der Waals surface area contributed by atoms with Gasteiger partial charge < -0.3 is 23.8 Å². The van der Waals surface area contributed by atoms with E-state index in [-0.39, 0.29) is 12.7 Å². The van der Waals surface area contributed by atoms with E-state index in [0.717, 1.165) is 11.1 Å². The van der Waals surface area contributed by atoms with Crippen LogP contribution in [0.3, 0.4) is 0 Å². The minimum absolute atomic E-state index is 0.106. The second-order valence-electron chi connectivity index (χ2n) is 6.34. The van der Waals surface area contributed by atoms with E-state index in [4.69, 9.17) is 18.9 Å². The van der Waals surface area contributed by atoms with Gasteiger partial charge in [0.1, 0.15) is 0 Å². The van der Waals surface area contributed by atoms with Crippen LogP contribution >= 0.6 is 15.9 Å². The predicted octanol–water partition coefficient (Wildman–Crippen LogP) is 4.37. The molecular formula is C21H22BrNO5. The highest BCUT2D eigenvalue weighted by Gasteiger charge is 2.22. The summed E-state index contributed by atoms with van der Waals surface area (Å²) in [7, 11) is 4.96. The van der Waals surface area contributed by atoms with Gasteiger partial charge >= 0.3 is 0 Å². The lowest BCUT2D eigenvalue weighted by Gasteiger charge is -2.19. The molecule has 0 aromatic heterocycles. The number of carbonyl (C=O) groups excluding carboxylic acids is 1. The van der Waals surface area contributed by atoms with Crippen molar-refractivity contribution < 1.29 is 23.7 Å². The molecule has 1 aliphatic rings. The van der Waals surface area contributed by atoms with Crippen molar-refractivity contribution in [1.29, 1.82) is 0 Å². The van der Waals surface area contributed by atoms with Crippen molar-refractivity contribution in [2.75, 3.05) is 34.6 Å². The lowest BCUT2D eigenvalue weighted by atomic mass is 10.0. The summed E-state index contributed by atoms with van der Waals surface area (Å²) in [5.41, 5.74) is 2.39. The van der Waals surface area contributed by atoms with Gasteiger partial charge in [-0.1, -0.05) is 12.6 Å². The van der Waals surface area contributed by atoms with E-state index in [0.29, 0.717) is 46.0 Å². The van der Waals surface area contributed by atoms with Crippen LogP contribution in [0.25, 0.3) is 5.57 Å². The van der Waals surface area contributed by atoms with Crippen molar-refractivity contribution in [3.05, 3.63) is 52.5 Å². The fourth-order valence-corrected chi connectivity index (χ4v) is 3.38. The first kappa shape index (κ1) is 20.1. The molecule has 7 heteroatoms. The van der Waals surface area contributed by atoms with Crippen LogP contribution in [0.5, 0.6) is 23.0 Å². The largest absolute Gasteiger partial charge is 0.493 e. The third-order valence-electron chi connectivity index (χ3n) is 4.58. The van der Waals surface area contributed by atoms with Crippen LogP contribution in [0.4, 0.5) is 0 Å². The highest BCUT2D eigenvalue weighted by molar-refractivity contribution is 9.10. The summed E-state index contributed by atoms with van der Waals surface area (Å²) in [5.74, 6) is 2.42. The monoisotopic (exact) mass is 447 g/mol. The standard InChI is InChI=1S/C21H22BrNO5/c1-13(14-5-6-17(25-3)18(9-14)26-4)7-8-23(2)21(24)15-10-19-20(11-16(15)22)28-12-27-19/h5-6,9-11H,1,7-8,12H2,2-4H3. The maximum Gasteiger partial charge on any atom is 0.254 e. The zero-order chi connectivity index (χ0) is 20.3. The fourth-order valence-electron chi connectivity index (χ4n) is 2.89. The van der Waals surface area contributed by atoms with E-state index < -0.39 is 0 Å². The third-order valence-corrected chi connectivity index (χ3v) is 5.24. The molecule has 148 valence electrons. The Kier molecular flexibility index (Phi) is 6.14. The van der Waals surface area contributed by atoms with Crippen LogP contribution in [-0.4, -0.2) is 45.4 Å². The molecule has 1 heterocycles. The van der Waals surface area contributed by atoms with Crippen LogP contribution in [0.15, 0.2) is 41.4 Å². The summed E-state index contributed by atoms with van der Waals surface area (Å²) in [4.78, 5) is 14.5. The van der Waals surface area contributed by atoms with Gasteiger partial charge in [-0.3, -0.25) is 4.79 Å². The molecular weight excluding hydrogens is 426 g/mol.